The Morgan fingerprint density at radius 2 is 1.08 bits per heavy atom. The Morgan fingerprint density at radius 3 is 1.77 bits per heavy atom. The Kier molecular flexibility index (Phi) is 7.65. The number of hydrogen-bond donors (Lipinski definition) is 0. The van der Waals surface area contributed by atoms with E-state index in [4.69, 9.17) is 9.97 Å². The highest BCUT2D eigenvalue weighted by Crippen LogP contribution is 2.63. The summed E-state index contributed by atoms with van der Waals surface area (Å²) in [6, 6.07) is 69.2. The molecule has 12 rings (SSSR count). The van der Waals surface area contributed by atoms with Crippen molar-refractivity contribution in [2.45, 2.75) is 37.0 Å². The first-order valence-corrected chi connectivity index (χ1v) is 21.2. The lowest BCUT2D eigenvalue weighted by atomic mass is 9.55. The molecule has 60 heavy (non-hydrogen) atoms. The summed E-state index contributed by atoms with van der Waals surface area (Å²) in [5.74, 6) is 0.972. The summed E-state index contributed by atoms with van der Waals surface area (Å²) >= 11 is 0. The highest BCUT2D eigenvalue weighted by atomic mass is 14.9. The van der Waals surface area contributed by atoms with Gasteiger partial charge < -0.3 is 0 Å². The van der Waals surface area contributed by atoms with E-state index >= 15 is 0 Å². The average Bonchev–Trinajstić information content (AvgIpc) is 3.61. The van der Waals surface area contributed by atoms with Gasteiger partial charge >= 0.3 is 0 Å². The van der Waals surface area contributed by atoms with E-state index in [1.165, 1.54) is 72.0 Å². The monoisotopic (exact) mass is 766 g/mol. The van der Waals surface area contributed by atoms with Crippen molar-refractivity contribution < 1.29 is 0 Å². The zero-order valence-corrected chi connectivity index (χ0v) is 33.7. The van der Waals surface area contributed by atoms with Crippen molar-refractivity contribution in [3.63, 3.8) is 0 Å². The molecule has 0 saturated heterocycles. The maximum atomic E-state index is 5.43. The van der Waals surface area contributed by atoms with Gasteiger partial charge in [-0.05, 0) is 84.5 Å². The largest absolute Gasteiger partial charge is 0.228 e. The molecule has 2 heteroatoms. The summed E-state index contributed by atoms with van der Waals surface area (Å²) in [5, 5.41) is 2.61. The van der Waals surface area contributed by atoms with Crippen LogP contribution >= 0.6 is 0 Å². The topological polar surface area (TPSA) is 25.8 Å². The Hall–Kier alpha value is -7.16. The molecule has 3 aliphatic carbocycles. The second-order valence-electron chi connectivity index (χ2n) is 17.2. The van der Waals surface area contributed by atoms with Crippen molar-refractivity contribution in [2.24, 2.45) is 0 Å². The van der Waals surface area contributed by atoms with E-state index in [9.17, 15) is 0 Å². The minimum Gasteiger partial charge on any atom is -0.228 e. The molecule has 0 amide bonds. The number of benzene rings is 8. The lowest BCUT2D eigenvalue weighted by molar-refractivity contribution is 0.563. The summed E-state index contributed by atoms with van der Waals surface area (Å²) in [4.78, 5) is 10.9. The molecule has 284 valence electrons. The van der Waals surface area contributed by atoms with Crippen LogP contribution in [0.4, 0.5) is 0 Å². The van der Waals surface area contributed by atoms with Gasteiger partial charge in [0.1, 0.15) is 0 Å². The number of hydrogen-bond acceptors (Lipinski definition) is 2. The van der Waals surface area contributed by atoms with Crippen molar-refractivity contribution in [3.8, 4) is 45.0 Å². The van der Waals surface area contributed by atoms with Crippen LogP contribution in [0.25, 0.3) is 61.9 Å². The van der Waals surface area contributed by atoms with E-state index < -0.39 is 5.41 Å². The molecule has 0 fully saturated rings. The van der Waals surface area contributed by atoms with E-state index in [-0.39, 0.29) is 11.3 Å². The maximum Gasteiger partial charge on any atom is 0.161 e. The molecule has 0 aliphatic heterocycles. The second kappa shape index (κ2) is 13.2. The number of fused-ring (bicyclic) bond motifs is 12. The molecule has 1 atom stereocenters. The van der Waals surface area contributed by atoms with Crippen LogP contribution in [-0.2, 0) is 17.3 Å². The minimum atomic E-state index is -0.533. The van der Waals surface area contributed by atoms with E-state index in [1.54, 1.807) is 0 Å². The van der Waals surface area contributed by atoms with Crippen LogP contribution in [0, 0.1) is 0 Å². The highest BCUT2D eigenvalue weighted by molar-refractivity contribution is 5.97. The van der Waals surface area contributed by atoms with Gasteiger partial charge in [0.05, 0.1) is 16.8 Å². The number of rotatable bonds is 4. The molecule has 0 N–H and O–H groups in total. The molecule has 1 unspecified atom stereocenters. The van der Waals surface area contributed by atoms with Crippen LogP contribution < -0.4 is 0 Å². The summed E-state index contributed by atoms with van der Waals surface area (Å²) in [7, 11) is 0. The molecule has 3 aliphatic rings. The number of allylic oxidation sites excluding steroid dienone is 1. The smallest absolute Gasteiger partial charge is 0.161 e. The van der Waals surface area contributed by atoms with Crippen molar-refractivity contribution in [1.29, 1.82) is 0 Å². The Balaban J connectivity index is 1.13. The first-order chi connectivity index (χ1) is 29.5. The Bertz CT molecular complexity index is 3100. The first kappa shape index (κ1) is 34.8. The van der Waals surface area contributed by atoms with Gasteiger partial charge in [0.25, 0.3) is 0 Å². The van der Waals surface area contributed by atoms with Crippen molar-refractivity contribution in [2.75, 3.05) is 0 Å². The molecule has 9 aromatic rings. The Morgan fingerprint density at radius 1 is 0.483 bits per heavy atom. The summed E-state index contributed by atoms with van der Waals surface area (Å²) < 4.78 is 0. The quantitative estimate of drug-likeness (QED) is 0.178. The number of nitrogens with zero attached hydrogens (tertiary/aromatic N) is 2. The minimum absolute atomic E-state index is 0.179. The van der Waals surface area contributed by atoms with E-state index in [2.05, 4.69) is 214 Å². The maximum absolute atomic E-state index is 5.43. The molecule has 1 aromatic heterocycles. The zero-order chi connectivity index (χ0) is 40.0. The van der Waals surface area contributed by atoms with Gasteiger partial charge in [-0.1, -0.05) is 208 Å². The fourth-order valence-electron chi connectivity index (χ4n) is 10.9. The van der Waals surface area contributed by atoms with E-state index in [1.807, 2.05) is 0 Å². The van der Waals surface area contributed by atoms with Crippen LogP contribution in [0.5, 0.6) is 0 Å². The predicted octanol–water partition coefficient (Wildman–Crippen LogP) is 14.0. The van der Waals surface area contributed by atoms with Gasteiger partial charge in [0, 0.05) is 28.0 Å². The van der Waals surface area contributed by atoms with Crippen LogP contribution in [0.1, 0.15) is 69.8 Å². The van der Waals surface area contributed by atoms with Crippen LogP contribution in [-0.4, -0.2) is 9.97 Å². The van der Waals surface area contributed by atoms with Gasteiger partial charge in [-0.2, -0.15) is 0 Å². The Labute approximate surface area is 351 Å². The highest BCUT2D eigenvalue weighted by Gasteiger charge is 2.54. The third-order valence-corrected chi connectivity index (χ3v) is 13.7. The lowest BCUT2D eigenvalue weighted by Crippen LogP contribution is -2.40. The third-order valence-electron chi connectivity index (χ3n) is 13.7. The van der Waals surface area contributed by atoms with Gasteiger partial charge in [-0.15, -0.1) is 0 Å². The molecule has 0 bridgehead atoms. The molecule has 8 aromatic carbocycles. The molecular formula is C58H42N2. The van der Waals surface area contributed by atoms with Crippen molar-refractivity contribution in [3.05, 3.63) is 244 Å². The van der Waals surface area contributed by atoms with Gasteiger partial charge in [-0.3, -0.25) is 0 Å². The molecule has 1 heterocycles. The lowest BCUT2D eigenvalue weighted by Gasteiger charge is -2.46. The fourth-order valence-corrected chi connectivity index (χ4v) is 10.9. The van der Waals surface area contributed by atoms with Crippen LogP contribution in [0.2, 0.25) is 0 Å². The fraction of sp³-hybridized carbons (Fsp3) is 0.103. The van der Waals surface area contributed by atoms with Crippen LogP contribution in [0.15, 0.2) is 194 Å². The normalized spacial score (nSPS) is 16.1. The van der Waals surface area contributed by atoms with Gasteiger partial charge in [0.15, 0.2) is 5.82 Å². The number of aromatic nitrogens is 2. The zero-order valence-electron chi connectivity index (χ0n) is 33.7. The average molecular weight is 767 g/mol. The standard InChI is InChI=1S/C58H42N2/c1-57(2)48-23-11-13-25-50(48)58(51-26-14-12-24-49(51)57)47-33-31-41(40-30-32-44-42(34-40)29-28-37-16-9-10-21-43(37)44)35-46(47)55-45(22-15-27-52(55)58)56-59-53(38-17-5-3-6-18-38)36-54(60-56)39-19-7-4-8-20-39/h3-33,35-36,40H,34H2,1-2H3. The molecular weight excluding hydrogens is 725 g/mol. The van der Waals surface area contributed by atoms with E-state index in [0.29, 0.717) is 0 Å². The molecule has 0 radical (unpaired) electrons. The van der Waals surface area contributed by atoms with Crippen LogP contribution in [0.3, 0.4) is 0 Å². The van der Waals surface area contributed by atoms with Gasteiger partial charge in [0.2, 0.25) is 0 Å². The first-order valence-electron chi connectivity index (χ1n) is 21.2. The molecule has 1 spiro atoms. The predicted molar refractivity (Wildman–Crippen MR) is 247 cm³/mol. The molecule has 0 saturated carbocycles. The second-order valence-corrected chi connectivity index (χ2v) is 17.2. The van der Waals surface area contributed by atoms with Crippen molar-refractivity contribution in [1.82, 2.24) is 9.97 Å². The van der Waals surface area contributed by atoms with E-state index in [0.717, 1.165) is 40.3 Å². The summed E-state index contributed by atoms with van der Waals surface area (Å²) in [5.41, 5.74) is 18.9. The molecule has 2 nitrogen and oxygen atoms in total. The SMILES string of the molecule is CC1(C)c2ccccc2C2(c3ccc(C4C=Cc5c(ccc6ccccc56)C4)cc3-c3c(-c4nc(-c5ccccc5)cc(-c5ccccc5)n4)cccc32)c2ccccc21. The summed E-state index contributed by atoms with van der Waals surface area (Å²) in [6.45, 7) is 4.77. The van der Waals surface area contributed by atoms with Crippen molar-refractivity contribution >= 4 is 16.8 Å². The van der Waals surface area contributed by atoms with Gasteiger partial charge in [-0.25, -0.2) is 9.97 Å². The third kappa shape index (κ3) is 5.01. The summed E-state index contributed by atoms with van der Waals surface area (Å²) in [6.07, 6.45) is 5.75.